The van der Waals surface area contributed by atoms with Crippen LogP contribution in [0, 0.1) is 0 Å². The lowest BCUT2D eigenvalue weighted by Crippen LogP contribution is -2.43. The van der Waals surface area contributed by atoms with Gasteiger partial charge in [-0.05, 0) is 42.7 Å². The maximum absolute atomic E-state index is 11.9. The molecule has 1 aliphatic rings. The van der Waals surface area contributed by atoms with E-state index < -0.39 is 5.60 Å². The van der Waals surface area contributed by atoms with Gasteiger partial charge < -0.3 is 5.11 Å². The Labute approximate surface area is 171 Å². The van der Waals surface area contributed by atoms with E-state index in [1.54, 1.807) is 11.0 Å². The van der Waals surface area contributed by atoms with Gasteiger partial charge in [-0.3, -0.25) is 0 Å². The first-order valence-electron chi connectivity index (χ1n) is 10.0. The standard InChI is InChI=1S/C21H30ClN3OS/c1-2-3-4-5-6-7-14-27-20(12-13-20)21(26,15-25-17-23-16-24-25)18-8-10-19(22)11-9-18/h8-11,16-17,26H,2-7,12-15H2,1H3. The average molecular weight is 408 g/mol. The Morgan fingerprint density at radius 1 is 1.15 bits per heavy atom. The molecule has 0 aliphatic heterocycles. The van der Waals surface area contributed by atoms with Crippen molar-refractivity contribution in [2.45, 2.75) is 75.2 Å². The minimum Gasteiger partial charge on any atom is -0.382 e. The molecular formula is C21H30ClN3OS. The lowest BCUT2D eigenvalue weighted by atomic mass is 9.88. The summed E-state index contributed by atoms with van der Waals surface area (Å²) in [5.74, 6) is 1.10. The van der Waals surface area contributed by atoms with Gasteiger partial charge in [0, 0.05) is 5.02 Å². The van der Waals surface area contributed by atoms with E-state index in [-0.39, 0.29) is 4.75 Å². The van der Waals surface area contributed by atoms with Gasteiger partial charge in [-0.15, -0.1) is 0 Å². The Balaban J connectivity index is 1.67. The molecule has 0 spiro atoms. The number of hydrogen-bond donors (Lipinski definition) is 1. The van der Waals surface area contributed by atoms with Crippen LogP contribution in [0.1, 0.15) is 63.9 Å². The average Bonchev–Trinajstić information content (AvgIpc) is 3.30. The summed E-state index contributed by atoms with van der Waals surface area (Å²) in [5, 5.41) is 16.8. The summed E-state index contributed by atoms with van der Waals surface area (Å²) in [6.45, 7) is 2.66. The lowest BCUT2D eigenvalue weighted by Gasteiger charge is -2.37. The predicted molar refractivity (Wildman–Crippen MR) is 113 cm³/mol. The highest BCUT2D eigenvalue weighted by molar-refractivity contribution is 8.01. The molecule has 1 aromatic heterocycles. The zero-order chi connectivity index (χ0) is 19.2. The number of thioether (sulfide) groups is 1. The second kappa shape index (κ2) is 9.44. The van der Waals surface area contributed by atoms with Crippen molar-refractivity contribution >= 4 is 23.4 Å². The maximum atomic E-state index is 11.9. The van der Waals surface area contributed by atoms with Gasteiger partial charge in [0.1, 0.15) is 18.3 Å². The van der Waals surface area contributed by atoms with Crippen LogP contribution < -0.4 is 0 Å². The number of halogens is 1. The van der Waals surface area contributed by atoms with Crippen LogP contribution in [0.2, 0.25) is 5.02 Å². The first kappa shape index (κ1) is 20.7. The van der Waals surface area contributed by atoms with Crippen molar-refractivity contribution in [3.8, 4) is 0 Å². The molecular weight excluding hydrogens is 378 g/mol. The van der Waals surface area contributed by atoms with Gasteiger partial charge in [0.25, 0.3) is 0 Å². The van der Waals surface area contributed by atoms with E-state index in [1.807, 2.05) is 36.0 Å². The minimum atomic E-state index is -0.974. The fourth-order valence-electron chi connectivity index (χ4n) is 3.71. The number of nitrogens with zero attached hydrogens (tertiary/aromatic N) is 3. The van der Waals surface area contributed by atoms with Crippen LogP contribution in [0.15, 0.2) is 36.9 Å². The maximum Gasteiger partial charge on any atom is 0.137 e. The molecule has 3 rings (SSSR count). The molecule has 0 amide bonds. The predicted octanol–water partition coefficient (Wildman–Crippen LogP) is 5.45. The van der Waals surface area contributed by atoms with Gasteiger partial charge in [0.2, 0.25) is 0 Å². The highest BCUT2D eigenvalue weighted by atomic mass is 35.5. The monoisotopic (exact) mass is 407 g/mol. The van der Waals surface area contributed by atoms with E-state index in [2.05, 4.69) is 17.0 Å². The van der Waals surface area contributed by atoms with Crippen molar-refractivity contribution in [1.82, 2.24) is 14.8 Å². The second-order valence-corrected chi connectivity index (χ2v) is 9.49. The van der Waals surface area contributed by atoms with E-state index >= 15 is 0 Å². The van der Waals surface area contributed by atoms with Crippen molar-refractivity contribution in [3.63, 3.8) is 0 Å². The Morgan fingerprint density at radius 3 is 2.48 bits per heavy atom. The van der Waals surface area contributed by atoms with Crippen molar-refractivity contribution in [1.29, 1.82) is 0 Å². The summed E-state index contributed by atoms with van der Waals surface area (Å²) in [6, 6.07) is 7.62. The van der Waals surface area contributed by atoms with Crippen LogP contribution in [0.4, 0.5) is 0 Å². The third-order valence-electron chi connectivity index (χ3n) is 5.51. The van der Waals surface area contributed by atoms with Crippen molar-refractivity contribution < 1.29 is 5.11 Å². The zero-order valence-corrected chi connectivity index (χ0v) is 17.7. The summed E-state index contributed by atoms with van der Waals surface area (Å²) in [7, 11) is 0. The normalized spacial score (nSPS) is 17.6. The summed E-state index contributed by atoms with van der Waals surface area (Å²) >= 11 is 8.01. The quantitative estimate of drug-likeness (QED) is 0.475. The Kier molecular flexibility index (Phi) is 7.23. The van der Waals surface area contributed by atoms with Gasteiger partial charge in [0.15, 0.2) is 0 Å². The zero-order valence-electron chi connectivity index (χ0n) is 16.1. The van der Waals surface area contributed by atoms with Crippen LogP contribution in [0.25, 0.3) is 0 Å². The molecule has 0 radical (unpaired) electrons. The van der Waals surface area contributed by atoms with Crippen LogP contribution in [-0.2, 0) is 12.1 Å². The van der Waals surface area contributed by atoms with Gasteiger partial charge >= 0.3 is 0 Å². The molecule has 1 aliphatic carbocycles. The Morgan fingerprint density at radius 2 is 1.85 bits per heavy atom. The van der Waals surface area contributed by atoms with Gasteiger partial charge in [-0.1, -0.05) is 62.8 Å². The molecule has 6 heteroatoms. The number of unbranched alkanes of at least 4 members (excludes halogenated alkanes) is 5. The topological polar surface area (TPSA) is 50.9 Å². The van der Waals surface area contributed by atoms with Gasteiger partial charge in [-0.2, -0.15) is 16.9 Å². The highest BCUT2D eigenvalue weighted by Crippen LogP contribution is 2.60. The number of rotatable bonds is 12. The van der Waals surface area contributed by atoms with E-state index in [0.717, 1.165) is 24.2 Å². The molecule has 1 aromatic carbocycles. The Hall–Kier alpha value is -1.04. The third-order valence-corrected chi connectivity index (χ3v) is 7.56. The first-order valence-corrected chi connectivity index (χ1v) is 11.4. The smallest absolute Gasteiger partial charge is 0.137 e. The molecule has 27 heavy (non-hydrogen) atoms. The number of benzene rings is 1. The largest absolute Gasteiger partial charge is 0.382 e. The molecule has 148 valence electrons. The molecule has 1 unspecified atom stereocenters. The first-order chi connectivity index (χ1) is 13.1. The molecule has 1 saturated carbocycles. The van der Waals surface area contributed by atoms with Crippen LogP contribution in [0.3, 0.4) is 0 Å². The van der Waals surface area contributed by atoms with Crippen molar-refractivity contribution in [2.24, 2.45) is 0 Å². The highest BCUT2D eigenvalue weighted by Gasteiger charge is 2.60. The summed E-state index contributed by atoms with van der Waals surface area (Å²) in [4.78, 5) is 4.04. The number of aliphatic hydroxyl groups is 1. The van der Waals surface area contributed by atoms with Crippen LogP contribution in [0.5, 0.6) is 0 Å². The molecule has 4 nitrogen and oxygen atoms in total. The second-order valence-electron chi connectivity index (χ2n) is 7.57. The van der Waals surface area contributed by atoms with Gasteiger partial charge in [-0.25, -0.2) is 9.67 Å². The Bertz CT molecular complexity index is 688. The van der Waals surface area contributed by atoms with E-state index in [4.69, 9.17) is 11.6 Å². The van der Waals surface area contributed by atoms with E-state index in [0.29, 0.717) is 11.6 Å². The fourth-order valence-corrected chi connectivity index (χ4v) is 5.39. The van der Waals surface area contributed by atoms with Crippen LogP contribution in [-0.4, -0.2) is 30.4 Å². The molecule has 1 fully saturated rings. The molecule has 1 heterocycles. The van der Waals surface area contributed by atoms with Crippen molar-refractivity contribution in [3.05, 3.63) is 47.5 Å². The summed E-state index contributed by atoms with van der Waals surface area (Å²) < 4.78 is 1.59. The lowest BCUT2D eigenvalue weighted by molar-refractivity contribution is 0.00491. The number of hydrogen-bond acceptors (Lipinski definition) is 4. The van der Waals surface area contributed by atoms with E-state index in [9.17, 15) is 5.11 Å². The summed E-state index contributed by atoms with van der Waals surface area (Å²) in [6.07, 6.45) is 13.0. The van der Waals surface area contributed by atoms with Crippen LogP contribution >= 0.6 is 23.4 Å². The van der Waals surface area contributed by atoms with Crippen molar-refractivity contribution in [2.75, 3.05) is 5.75 Å². The van der Waals surface area contributed by atoms with E-state index in [1.165, 1.54) is 44.9 Å². The molecule has 1 atom stereocenters. The SMILES string of the molecule is CCCCCCCCSC1(C(O)(Cn2cncn2)c2ccc(Cl)cc2)CC1. The molecule has 1 N–H and O–H groups in total. The molecule has 2 aromatic rings. The summed E-state index contributed by atoms with van der Waals surface area (Å²) in [5.41, 5.74) is -0.0617. The number of aromatic nitrogens is 3. The van der Waals surface area contributed by atoms with Gasteiger partial charge in [0.05, 0.1) is 11.3 Å². The minimum absolute atomic E-state index is 0.143. The third kappa shape index (κ3) is 5.07. The fraction of sp³-hybridized carbons (Fsp3) is 0.619. The molecule has 0 bridgehead atoms. The molecule has 0 saturated heterocycles.